The maximum Gasteiger partial charge on any atom is 0.186 e. The number of hydrogen-bond acceptors (Lipinski definition) is 2. The number of hydrogen-bond donors (Lipinski definition) is 0. The molecule has 0 spiro atoms. The highest BCUT2D eigenvalue weighted by atomic mass is 16.5. The molecule has 0 saturated carbocycles. The number of rotatable bonds is 0. The van der Waals surface area contributed by atoms with Crippen LogP contribution in [0.2, 0.25) is 0 Å². The van der Waals surface area contributed by atoms with Crippen molar-refractivity contribution in [1.29, 1.82) is 0 Å². The van der Waals surface area contributed by atoms with Gasteiger partial charge in [0.25, 0.3) is 0 Å². The summed E-state index contributed by atoms with van der Waals surface area (Å²) < 4.78 is 4.79. The third-order valence-electron chi connectivity index (χ3n) is 0.938. The Hall–Kier alpha value is -0.860. The van der Waals surface area contributed by atoms with E-state index >= 15 is 0 Å². The molecule has 0 radical (unpaired) electrons. The SMILES string of the molecule is CN=C(C)N=C(C)OC. The highest BCUT2D eigenvalue weighted by Crippen LogP contribution is 1.81. The van der Waals surface area contributed by atoms with Crippen LogP contribution in [0.3, 0.4) is 0 Å². The first-order valence-corrected chi connectivity index (χ1v) is 2.73. The molecule has 0 rings (SSSR count). The van der Waals surface area contributed by atoms with Crippen molar-refractivity contribution >= 4 is 11.7 Å². The molecule has 0 aliphatic carbocycles. The van der Waals surface area contributed by atoms with E-state index in [0.717, 1.165) is 5.84 Å². The van der Waals surface area contributed by atoms with Gasteiger partial charge in [0.05, 0.1) is 7.11 Å². The summed E-state index contributed by atoms with van der Waals surface area (Å²) in [6, 6.07) is 0. The summed E-state index contributed by atoms with van der Waals surface area (Å²) >= 11 is 0. The first-order valence-electron chi connectivity index (χ1n) is 2.73. The predicted octanol–water partition coefficient (Wildman–Crippen LogP) is 1.10. The largest absolute Gasteiger partial charge is 0.484 e. The molecule has 9 heavy (non-hydrogen) atoms. The van der Waals surface area contributed by atoms with E-state index in [4.69, 9.17) is 4.74 Å². The Bertz CT molecular complexity index is 138. The summed E-state index contributed by atoms with van der Waals surface area (Å²) in [7, 11) is 3.28. The average Bonchev–Trinajstić information content (AvgIpc) is 1.87. The lowest BCUT2D eigenvalue weighted by molar-refractivity contribution is 0.401. The molecule has 0 bridgehead atoms. The van der Waals surface area contributed by atoms with E-state index in [1.165, 1.54) is 0 Å². The lowest BCUT2D eigenvalue weighted by Gasteiger charge is -1.94. The van der Waals surface area contributed by atoms with Crippen LogP contribution in [0.15, 0.2) is 9.98 Å². The summed E-state index contributed by atoms with van der Waals surface area (Å²) in [5.74, 6) is 1.37. The molecular weight excluding hydrogens is 116 g/mol. The molecule has 0 saturated heterocycles. The molecule has 3 nitrogen and oxygen atoms in total. The molecule has 0 aromatic rings. The summed E-state index contributed by atoms with van der Waals surface area (Å²) in [4.78, 5) is 7.78. The number of amidine groups is 1. The van der Waals surface area contributed by atoms with Gasteiger partial charge in [0.15, 0.2) is 5.90 Å². The lowest BCUT2D eigenvalue weighted by atomic mass is 10.6. The molecule has 0 unspecified atom stereocenters. The third kappa shape index (κ3) is 3.70. The molecule has 52 valence electrons. The smallest absolute Gasteiger partial charge is 0.186 e. The third-order valence-corrected chi connectivity index (χ3v) is 0.938. The van der Waals surface area contributed by atoms with E-state index in [9.17, 15) is 0 Å². The van der Waals surface area contributed by atoms with Crippen LogP contribution in [-0.2, 0) is 4.74 Å². The van der Waals surface area contributed by atoms with Crippen LogP contribution >= 0.6 is 0 Å². The highest BCUT2D eigenvalue weighted by molar-refractivity contribution is 5.91. The summed E-state index contributed by atoms with van der Waals surface area (Å²) in [5, 5.41) is 0. The highest BCUT2D eigenvalue weighted by Gasteiger charge is 1.85. The Morgan fingerprint density at radius 3 is 2.22 bits per heavy atom. The van der Waals surface area contributed by atoms with Crippen LogP contribution in [0.1, 0.15) is 13.8 Å². The molecule has 0 fully saturated rings. The Morgan fingerprint density at radius 2 is 1.89 bits per heavy atom. The van der Waals surface area contributed by atoms with Crippen LogP contribution in [0.5, 0.6) is 0 Å². The monoisotopic (exact) mass is 128 g/mol. The van der Waals surface area contributed by atoms with Crippen LogP contribution in [0, 0.1) is 0 Å². The first-order chi connectivity index (χ1) is 4.20. The Labute approximate surface area is 55.5 Å². The first kappa shape index (κ1) is 8.14. The van der Waals surface area contributed by atoms with Gasteiger partial charge in [-0.25, -0.2) is 4.99 Å². The van der Waals surface area contributed by atoms with Gasteiger partial charge in [-0.3, -0.25) is 4.99 Å². The van der Waals surface area contributed by atoms with E-state index < -0.39 is 0 Å². The van der Waals surface area contributed by atoms with Crippen molar-refractivity contribution in [2.75, 3.05) is 14.2 Å². The number of nitrogens with zero attached hydrogens (tertiary/aromatic N) is 2. The second-order valence-corrected chi connectivity index (χ2v) is 1.61. The number of ether oxygens (including phenoxy) is 1. The zero-order valence-corrected chi connectivity index (χ0v) is 6.30. The van der Waals surface area contributed by atoms with Crippen LogP contribution in [-0.4, -0.2) is 25.9 Å². The Balaban J connectivity index is 3.95. The van der Waals surface area contributed by atoms with Gasteiger partial charge in [-0.1, -0.05) is 0 Å². The number of methoxy groups -OCH3 is 1. The molecule has 0 amide bonds. The predicted molar refractivity (Wildman–Crippen MR) is 39.2 cm³/mol. The molecule has 0 atom stereocenters. The van der Waals surface area contributed by atoms with Crippen LogP contribution < -0.4 is 0 Å². The zero-order valence-electron chi connectivity index (χ0n) is 6.30. The van der Waals surface area contributed by atoms with Gasteiger partial charge < -0.3 is 4.74 Å². The van der Waals surface area contributed by atoms with Gasteiger partial charge >= 0.3 is 0 Å². The summed E-state index contributed by atoms with van der Waals surface area (Å²) in [6.07, 6.45) is 0. The van der Waals surface area contributed by atoms with Crippen LogP contribution in [0.4, 0.5) is 0 Å². The van der Waals surface area contributed by atoms with Crippen molar-refractivity contribution in [3.05, 3.63) is 0 Å². The molecular formula is C6H12N2O. The molecule has 0 heterocycles. The minimum absolute atomic E-state index is 0.637. The van der Waals surface area contributed by atoms with Gasteiger partial charge in [-0.05, 0) is 6.92 Å². The van der Waals surface area contributed by atoms with Crippen molar-refractivity contribution in [2.45, 2.75) is 13.8 Å². The van der Waals surface area contributed by atoms with Gasteiger partial charge in [0.1, 0.15) is 5.84 Å². The van der Waals surface area contributed by atoms with E-state index in [0.29, 0.717) is 5.90 Å². The standard InChI is InChI=1S/C6H12N2O/c1-5(7-3)8-6(2)9-4/h1-4H3. The zero-order chi connectivity index (χ0) is 7.28. The Morgan fingerprint density at radius 1 is 1.33 bits per heavy atom. The maximum atomic E-state index is 4.79. The normalized spacial score (nSPS) is 13.8. The van der Waals surface area contributed by atoms with E-state index in [1.807, 2.05) is 6.92 Å². The fourth-order valence-corrected chi connectivity index (χ4v) is 0.324. The van der Waals surface area contributed by atoms with E-state index in [-0.39, 0.29) is 0 Å². The van der Waals surface area contributed by atoms with Gasteiger partial charge in [-0.15, -0.1) is 0 Å². The quantitative estimate of drug-likeness (QED) is 0.355. The summed E-state index contributed by atoms with van der Waals surface area (Å²) in [6.45, 7) is 3.61. The molecule has 0 aromatic heterocycles. The van der Waals surface area contributed by atoms with Crippen molar-refractivity contribution in [2.24, 2.45) is 9.98 Å². The molecule has 0 aliphatic rings. The minimum Gasteiger partial charge on any atom is -0.484 e. The van der Waals surface area contributed by atoms with Crippen molar-refractivity contribution in [3.63, 3.8) is 0 Å². The fraction of sp³-hybridized carbons (Fsp3) is 0.667. The topological polar surface area (TPSA) is 34.0 Å². The van der Waals surface area contributed by atoms with E-state index in [1.54, 1.807) is 21.1 Å². The van der Waals surface area contributed by atoms with Crippen molar-refractivity contribution < 1.29 is 4.74 Å². The van der Waals surface area contributed by atoms with Crippen LogP contribution in [0.25, 0.3) is 0 Å². The molecule has 0 aliphatic heterocycles. The maximum absolute atomic E-state index is 4.79. The van der Waals surface area contributed by atoms with Gasteiger partial charge in [-0.2, -0.15) is 0 Å². The molecule has 3 heteroatoms. The number of aliphatic imine (C=N–C) groups is 2. The minimum atomic E-state index is 0.637. The van der Waals surface area contributed by atoms with Gasteiger partial charge in [0.2, 0.25) is 0 Å². The second kappa shape index (κ2) is 4.06. The van der Waals surface area contributed by atoms with Crippen molar-refractivity contribution in [3.8, 4) is 0 Å². The Kier molecular flexibility index (Phi) is 3.67. The molecule has 0 aromatic carbocycles. The van der Waals surface area contributed by atoms with E-state index in [2.05, 4.69) is 9.98 Å². The summed E-state index contributed by atoms with van der Waals surface area (Å²) in [5.41, 5.74) is 0. The fourth-order valence-electron chi connectivity index (χ4n) is 0.324. The van der Waals surface area contributed by atoms with Crippen molar-refractivity contribution in [1.82, 2.24) is 0 Å². The van der Waals surface area contributed by atoms with Gasteiger partial charge in [0, 0.05) is 14.0 Å². The molecule has 0 N–H and O–H groups in total. The lowest BCUT2D eigenvalue weighted by Crippen LogP contribution is -1.97. The average molecular weight is 128 g/mol. The second-order valence-electron chi connectivity index (χ2n) is 1.61.